The lowest BCUT2D eigenvalue weighted by molar-refractivity contribution is 0.375. The number of allylic oxidation sites excluding steroid dienone is 2. The predicted molar refractivity (Wildman–Crippen MR) is 73.8 cm³/mol. The molecule has 1 aliphatic carbocycles. The molecule has 0 bridgehead atoms. The molecule has 17 heavy (non-hydrogen) atoms. The molecule has 1 fully saturated rings. The topological polar surface area (TPSA) is 26.0 Å². The fourth-order valence-electron chi connectivity index (χ4n) is 2.52. The van der Waals surface area contributed by atoms with Crippen molar-refractivity contribution in [3.05, 3.63) is 48.0 Å². The van der Waals surface area contributed by atoms with Crippen LogP contribution in [-0.2, 0) is 6.42 Å². The molecule has 1 saturated carbocycles. The maximum atomic E-state index is 5.90. The van der Waals surface area contributed by atoms with Gasteiger partial charge in [0.1, 0.15) is 0 Å². The molecule has 1 heteroatoms. The van der Waals surface area contributed by atoms with Crippen LogP contribution in [0.4, 0.5) is 0 Å². The van der Waals surface area contributed by atoms with Crippen LogP contribution in [0.2, 0.25) is 0 Å². The molecule has 0 atom stereocenters. The summed E-state index contributed by atoms with van der Waals surface area (Å²) in [6.45, 7) is 0. The first-order valence-electron chi connectivity index (χ1n) is 6.81. The molecule has 0 radical (unpaired) electrons. The van der Waals surface area contributed by atoms with E-state index in [0.29, 0.717) is 6.04 Å². The monoisotopic (exact) mass is 229 g/mol. The molecule has 2 rings (SSSR count). The second-order valence-electron chi connectivity index (χ2n) is 5.13. The Morgan fingerprint density at radius 1 is 1.06 bits per heavy atom. The van der Waals surface area contributed by atoms with Crippen LogP contribution < -0.4 is 5.73 Å². The third-order valence-electron chi connectivity index (χ3n) is 3.67. The van der Waals surface area contributed by atoms with Crippen molar-refractivity contribution in [3.63, 3.8) is 0 Å². The Bertz CT molecular complexity index is 334. The minimum absolute atomic E-state index is 0.462. The zero-order chi connectivity index (χ0) is 11.9. The van der Waals surface area contributed by atoms with E-state index in [1.54, 1.807) is 0 Å². The summed E-state index contributed by atoms with van der Waals surface area (Å²) in [5.41, 5.74) is 7.34. The van der Waals surface area contributed by atoms with E-state index in [9.17, 15) is 0 Å². The molecule has 92 valence electrons. The highest BCUT2D eigenvalue weighted by molar-refractivity contribution is 5.15. The minimum Gasteiger partial charge on any atom is -0.328 e. The van der Waals surface area contributed by atoms with Gasteiger partial charge < -0.3 is 5.73 Å². The Morgan fingerprint density at radius 3 is 2.47 bits per heavy atom. The summed E-state index contributed by atoms with van der Waals surface area (Å²) in [4.78, 5) is 0. The van der Waals surface area contributed by atoms with E-state index in [0.717, 1.165) is 18.8 Å². The number of benzene rings is 1. The van der Waals surface area contributed by atoms with Gasteiger partial charge in [-0.15, -0.1) is 0 Å². The van der Waals surface area contributed by atoms with Crippen molar-refractivity contribution >= 4 is 0 Å². The van der Waals surface area contributed by atoms with Crippen molar-refractivity contribution in [1.29, 1.82) is 0 Å². The SMILES string of the molecule is NC1CCC(C=CCCc2ccccc2)CC1. The maximum Gasteiger partial charge on any atom is 0.00392 e. The number of nitrogens with two attached hydrogens (primary N) is 1. The van der Waals surface area contributed by atoms with E-state index in [4.69, 9.17) is 5.73 Å². The van der Waals surface area contributed by atoms with Gasteiger partial charge in [-0.2, -0.15) is 0 Å². The summed E-state index contributed by atoms with van der Waals surface area (Å²) in [5, 5.41) is 0. The number of hydrogen-bond acceptors (Lipinski definition) is 1. The van der Waals surface area contributed by atoms with Crippen LogP contribution in [0.5, 0.6) is 0 Å². The molecule has 0 unspecified atom stereocenters. The van der Waals surface area contributed by atoms with Crippen molar-refractivity contribution in [2.24, 2.45) is 11.7 Å². The van der Waals surface area contributed by atoms with Crippen LogP contribution in [0.3, 0.4) is 0 Å². The molecule has 2 N–H and O–H groups in total. The van der Waals surface area contributed by atoms with Crippen molar-refractivity contribution in [1.82, 2.24) is 0 Å². The largest absolute Gasteiger partial charge is 0.328 e. The third kappa shape index (κ3) is 4.35. The standard InChI is InChI=1S/C16H23N/c17-16-12-10-15(11-13-16)9-5-4-8-14-6-2-1-3-7-14/h1-3,5-7,9,15-16H,4,8,10-13,17H2. The van der Waals surface area contributed by atoms with Crippen LogP contribution in [0.25, 0.3) is 0 Å². The Hall–Kier alpha value is -1.08. The summed E-state index contributed by atoms with van der Waals surface area (Å²) in [6, 6.07) is 11.2. The maximum absolute atomic E-state index is 5.90. The first-order valence-corrected chi connectivity index (χ1v) is 6.81. The zero-order valence-electron chi connectivity index (χ0n) is 10.5. The summed E-state index contributed by atoms with van der Waals surface area (Å²) in [7, 11) is 0. The number of hydrogen-bond donors (Lipinski definition) is 1. The molecular weight excluding hydrogens is 206 g/mol. The Labute approximate surface area is 105 Å². The first-order chi connectivity index (χ1) is 8.34. The molecule has 0 saturated heterocycles. The van der Waals surface area contributed by atoms with Crippen molar-refractivity contribution in [3.8, 4) is 0 Å². The van der Waals surface area contributed by atoms with Crippen LogP contribution in [-0.4, -0.2) is 6.04 Å². The Balaban J connectivity index is 1.68. The molecule has 1 aliphatic rings. The molecule has 0 aromatic heterocycles. The summed E-state index contributed by atoms with van der Waals surface area (Å²) in [6.07, 6.45) is 12.0. The second-order valence-corrected chi connectivity index (χ2v) is 5.13. The molecule has 0 spiro atoms. The van der Waals surface area contributed by atoms with Gasteiger partial charge in [0, 0.05) is 6.04 Å². The Morgan fingerprint density at radius 2 is 1.76 bits per heavy atom. The highest BCUT2D eigenvalue weighted by Gasteiger charge is 2.15. The van der Waals surface area contributed by atoms with E-state index in [1.165, 1.54) is 31.2 Å². The van der Waals surface area contributed by atoms with Crippen LogP contribution in [0.15, 0.2) is 42.5 Å². The third-order valence-corrected chi connectivity index (χ3v) is 3.67. The van der Waals surface area contributed by atoms with Crippen LogP contribution in [0.1, 0.15) is 37.7 Å². The summed E-state index contributed by atoms with van der Waals surface area (Å²) >= 11 is 0. The fourth-order valence-corrected chi connectivity index (χ4v) is 2.52. The molecule has 1 aromatic rings. The summed E-state index contributed by atoms with van der Waals surface area (Å²) in [5.74, 6) is 0.783. The lowest BCUT2D eigenvalue weighted by Crippen LogP contribution is -2.25. The second kappa shape index (κ2) is 6.61. The van der Waals surface area contributed by atoms with E-state index in [-0.39, 0.29) is 0 Å². The van der Waals surface area contributed by atoms with Gasteiger partial charge in [-0.1, -0.05) is 42.5 Å². The molecule has 1 aromatic carbocycles. The van der Waals surface area contributed by atoms with Gasteiger partial charge >= 0.3 is 0 Å². The van der Waals surface area contributed by atoms with Gasteiger partial charge in [0.2, 0.25) is 0 Å². The number of rotatable bonds is 4. The predicted octanol–water partition coefficient (Wildman–Crippen LogP) is 3.69. The quantitative estimate of drug-likeness (QED) is 0.783. The average Bonchev–Trinajstić information content (AvgIpc) is 2.38. The van der Waals surface area contributed by atoms with Crippen LogP contribution in [0, 0.1) is 5.92 Å². The minimum atomic E-state index is 0.462. The van der Waals surface area contributed by atoms with Crippen LogP contribution >= 0.6 is 0 Å². The molecule has 1 nitrogen and oxygen atoms in total. The van der Waals surface area contributed by atoms with Crippen molar-refractivity contribution < 1.29 is 0 Å². The van der Waals surface area contributed by atoms with E-state index >= 15 is 0 Å². The van der Waals surface area contributed by atoms with Gasteiger partial charge in [-0.25, -0.2) is 0 Å². The highest BCUT2D eigenvalue weighted by atomic mass is 14.6. The lowest BCUT2D eigenvalue weighted by Gasteiger charge is -2.23. The first kappa shape index (κ1) is 12.4. The molecule has 0 amide bonds. The normalized spacial score (nSPS) is 25.2. The lowest BCUT2D eigenvalue weighted by atomic mass is 9.86. The van der Waals surface area contributed by atoms with Gasteiger partial charge in [-0.05, 0) is 50.0 Å². The van der Waals surface area contributed by atoms with Gasteiger partial charge in [0.25, 0.3) is 0 Å². The number of aryl methyl sites for hydroxylation is 1. The fraction of sp³-hybridized carbons (Fsp3) is 0.500. The van der Waals surface area contributed by atoms with Gasteiger partial charge in [0.15, 0.2) is 0 Å². The smallest absolute Gasteiger partial charge is 0.00392 e. The van der Waals surface area contributed by atoms with Gasteiger partial charge in [-0.3, -0.25) is 0 Å². The van der Waals surface area contributed by atoms with E-state index in [1.807, 2.05) is 0 Å². The Kier molecular flexibility index (Phi) is 4.81. The van der Waals surface area contributed by atoms with E-state index < -0.39 is 0 Å². The molecule has 0 aliphatic heterocycles. The molecular formula is C16H23N. The average molecular weight is 229 g/mol. The summed E-state index contributed by atoms with van der Waals surface area (Å²) < 4.78 is 0. The molecule has 0 heterocycles. The van der Waals surface area contributed by atoms with Crippen molar-refractivity contribution in [2.75, 3.05) is 0 Å². The van der Waals surface area contributed by atoms with Crippen molar-refractivity contribution in [2.45, 2.75) is 44.6 Å². The highest BCUT2D eigenvalue weighted by Crippen LogP contribution is 2.24. The zero-order valence-corrected chi connectivity index (χ0v) is 10.5. The van der Waals surface area contributed by atoms with E-state index in [2.05, 4.69) is 42.5 Å². The van der Waals surface area contributed by atoms with Gasteiger partial charge in [0.05, 0.1) is 0 Å².